The van der Waals surface area contributed by atoms with E-state index in [1.54, 1.807) is 44.6 Å². The fourth-order valence-electron chi connectivity index (χ4n) is 2.69. The van der Waals surface area contributed by atoms with Gasteiger partial charge >= 0.3 is 5.97 Å². The van der Waals surface area contributed by atoms with E-state index in [2.05, 4.69) is 10.3 Å². The van der Waals surface area contributed by atoms with Crippen molar-refractivity contribution in [1.29, 1.82) is 0 Å². The van der Waals surface area contributed by atoms with Gasteiger partial charge in [-0.05, 0) is 30.3 Å². The van der Waals surface area contributed by atoms with Crippen molar-refractivity contribution in [1.82, 2.24) is 4.98 Å². The molecule has 0 bridgehead atoms. The maximum absolute atomic E-state index is 14.4. The van der Waals surface area contributed by atoms with E-state index in [1.807, 2.05) is 6.07 Å². The zero-order chi connectivity index (χ0) is 19.4. The third-order valence-electron chi connectivity index (χ3n) is 4.13. The number of fused-ring (bicyclic) bond motifs is 1. The molecule has 1 N–H and O–H groups in total. The van der Waals surface area contributed by atoms with Crippen LogP contribution in [0.2, 0.25) is 0 Å². The fourth-order valence-corrected chi connectivity index (χ4v) is 2.69. The number of rotatable bonds is 6. The molecule has 140 valence electrons. The average molecular weight is 370 g/mol. The molecule has 3 rings (SSSR count). The highest BCUT2D eigenvalue weighted by atomic mass is 19.1. The Kier molecular flexibility index (Phi) is 5.40. The minimum atomic E-state index is -0.485. The molecular formula is C20H19FN2O4. The van der Waals surface area contributed by atoms with Crippen LogP contribution >= 0.6 is 0 Å². The van der Waals surface area contributed by atoms with Gasteiger partial charge in [0.25, 0.3) is 0 Å². The number of nitrogens with one attached hydrogen (secondary N) is 1. The molecule has 0 fully saturated rings. The SMILES string of the molecule is COC(=O)c1ccc2cc(F)c(NCc3ccc(OC)cc3OC)nc2c1. The molecular weight excluding hydrogens is 351 g/mol. The predicted molar refractivity (Wildman–Crippen MR) is 99.9 cm³/mol. The molecule has 27 heavy (non-hydrogen) atoms. The topological polar surface area (TPSA) is 69.7 Å². The number of nitrogens with zero attached hydrogens (tertiary/aromatic N) is 1. The van der Waals surface area contributed by atoms with E-state index < -0.39 is 11.8 Å². The number of anilines is 1. The van der Waals surface area contributed by atoms with Crippen LogP contribution in [0.4, 0.5) is 10.2 Å². The Morgan fingerprint density at radius 1 is 1.07 bits per heavy atom. The van der Waals surface area contributed by atoms with E-state index in [9.17, 15) is 9.18 Å². The lowest BCUT2D eigenvalue weighted by Crippen LogP contribution is -2.06. The fraction of sp³-hybridized carbons (Fsp3) is 0.200. The lowest BCUT2D eigenvalue weighted by Gasteiger charge is -2.12. The molecule has 0 saturated carbocycles. The van der Waals surface area contributed by atoms with Gasteiger partial charge in [0.05, 0.1) is 32.4 Å². The second-order valence-electron chi connectivity index (χ2n) is 5.75. The first kappa shape index (κ1) is 18.4. The smallest absolute Gasteiger partial charge is 0.337 e. The summed E-state index contributed by atoms with van der Waals surface area (Å²) in [5, 5.41) is 3.56. The Balaban J connectivity index is 1.88. The number of ether oxygens (including phenoxy) is 3. The number of hydrogen-bond donors (Lipinski definition) is 1. The minimum absolute atomic E-state index is 0.0855. The summed E-state index contributed by atoms with van der Waals surface area (Å²) in [6.45, 7) is 0.305. The Bertz CT molecular complexity index is 991. The van der Waals surface area contributed by atoms with E-state index in [1.165, 1.54) is 13.2 Å². The van der Waals surface area contributed by atoms with Crippen molar-refractivity contribution in [3.63, 3.8) is 0 Å². The van der Waals surface area contributed by atoms with Crippen LogP contribution in [0.3, 0.4) is 0 Å². The number of aromatic nitrogens is 1. The Labute approximate surface area is 155 Å². The highest BCUT2D eigenvalue weighted by Gasteiger charge is 2.12. The first-order valence-corrected chi connectivity index (χ1v) is 8.19. The summed E-state index contributed by atoms with van der Waals surface area (Å²) in [7, 11) is 4.44. The van der Waals surface area contributed by atoms with Crippen LogP contribution in [0.25, 0.3) is 10.9 Å². The lowest BCUT2D eigenvalue weighted by molar-refractivity contribution is 0.0601. The van der Waals surface area contributed by atoms with Gasteiger partial charge in [-0.2, -0.15) is 0 Å². The molecule has 0 atom stereocenters. The number of carbonyl (C=O) groups excluding carboxylic acids is 1. The molecule has 0 aliphatic rings. The second kappa shape index (κ2) is 7.90. The summed E-state index contributed by atoms with van der Waals surface area (Å²) in [4.78, 5) is 16.0. The first-order valence-electron chi connectivity index (χ1n) is 8.19. The number of benzene rings is 2. The van der Waals surface area contributed by atoms with Crippen molar-refractivity contribution in [2.75, 3.05) is 26.6 Å². The van der Waals surface area contributed by atoms with Crippen LogP contribution in [0, 0.1) is 5.82 Å². The molecule has 1 aromatic heterocycles. The summed E-state index contributed by atoms with van der Waals surface area (Å²) in [5.74, 6) is 0.417. The van der Waals surface area contributed by atoms with Crippen LogP contribution < -0.4 is 14.8 Å². The third-order valence-corrected chi connectivity index (χ3v) is 4.13. The minimum Gasteiger partial charge on any atom is -0.497 e. The number of hydrogen-bond acceptors (Lipinski definition) is 6. The van der Waals surface area contributed by atoms with E-state index in [-0.39, 0.29) is 5.82 Å². The van der Waals surface area contributed by atoms with Gasteiger partial charge in [-0.15, -0.1) is 0 Å². The molecule has 3 aromatic rings. The van der Waals surface area contributed by atoms with E-state index in [0.717, 1.165) is 5.56 Å². The van der Waals surface area contributed by atoms with Gasteiger partial charge in [-0.25, -0.2) is 14.2 Å². The van der Waals surface area contributed by atoms with Crippen molar-refractivity contribution in [3.05, 3.63) is 59.4 Å². The standard InChI is InChI=1S/C20H19FN2O4/c1-25-15-7-6-14(18(10-15)26-2)11-22-19-16(21)8-12-4-5-13(20(24)27-3)9-17(12)23-19/h4-10H,11H2,1-3H3,(H,22,23). The Morgan fingerprint density at radius 2 is 1.89 bits per heavy atom. The van der Waals surface area contributed by atoms with Gasteiger partial charge in [-0.3, -0.25) is 0 Å². The molecule has 0 radical (unpaired) electrons. The number of esters is 1. The Morgan fingerprint density at radius 3 is 2.59 bits per heavy atom. The number of carbonyl (C=O) groups is 1. The summed E-state index contributed by atoms with van der Waals surface area (Å²) in [6, 6.07) is 11.5. The zero-order valence-corrected chi connectivity index (χ0v) is 15.2. The second-order valence-corrected chi connectivity index (χ2v) is 5.75. The number of pyridine rings is 1. The molecule has 0 spiro atoms. The molecule has 1 heterocycles. The largest absolute Gasteiger partial charge is 0.497 e. The third kappa shape index (κ3) is 3.92. The number of halogens is 1. The van der Waals surface area contributed by atoms with Crippen molar-refractivity contribution in [2.45, 2.75) is 6.54 Å². The lowest BCUT2D eigenvalue weighted by atomic mass is 10.1. The monoisotopic (exact) mass is 370 g/mol. The van der Waals surface area contributed by atoms with E-state index >= 15 is 0 Å². The van der Waals surface area contributed by atoms with Gasteiger partial charge in [0.2, 0.25) is 0 Å². The maximum atomic E-state index is 14.4. The Hall–Kier alpha value is -3.35. The summed E-state index contributed by atoms with van der Waals surface area (Å²) in [5.41, 5.74) is 1.67. The first-order chi connectivity index (χ1) is 13.0. The molecule has 0 aliphatic carbocycles. The molecule has 0 unspecified atom stereocenters. The average Bonchev–Trinajstić information content (AvgIpc) is 2.71. The summed E-state index contributed by atoms with van der Waals surface area (Å²) >= 11 is 0. The quantitative estimate of drug-likeness (QED) is 0.666. The van der Waals surface area contributed by atoms with E-state index in [4.69, 9.17) is 14.2 Å². The van der Waals surface area contributed by atoms with Crippen LogP contribution in [0.15, 0.2) is 42.5 Å². The van der Waals surface area contributed by atoms with Gasteiger partial charge in [-0.1, -0.05) is 6.07 Å². The zero-order valence-electron chi connectivity index (χ0n) is 15.2. The van der Waals surface area contributed by atoms with Gasteiger partial charge < -0.3 is 19.5 Å². The van der Waals surface area contributed by atoms with Crippen molar-refractivity contribution < 1.29 is 23.4 Å². The molecule has 7 heteroatoms. The molecule has 0 amide bonds. The van der Waals surface area contributed by atoms with Crippen LogP contribution in [0.1, 0.15) is 15.9 Å². The maximum Gasteiger partial charge on any atom is 0.337 e. The molecule has 2 aromatic carbocycles. The van der Waals surface area contributed by atoms with Crippen LogP contribution in [-0.2, 0) is 11.3 Å². The normalized spacial score (nSPS) is 10.5. The summed E-state index contributed by atoms with van der Waals surface area (Å²) < 4.78 is 29.6. The van der Waals surface area contributed by atoms with Crippen molar-refractivity contribution >= 4 is 22.7 Å². The van der Waals surface area contributed by atoms with Crippen LogP contribution in [-0.4, -0.2) is 32.3 Å². The highest BCUT2D eigenvalue weighted by Crippen LogP contribution is 2.26. The van der Waals surface area contributed by atoms with Gasteiger partial charge in [0.1, 0.15) is 11.5 Å². The number of methoxy groups -OCH3 is 3. The van der Waals surface area contributed by atoms with Gasteiger partial charge in [0, 0.05) is 23.6 Å². The summed E-state index contributed by atoms with van der Waals surface area (Å²) in [6.07, 6.45) is 0. The van der Waals surface area contributed by atoms with Gasteiger partial charge in [0.15, 0.2) is 11.6 Å². The van der Waals surface area contributed by atoms with Crippen molar-refractivity contribution in [2.24, 2.45) is 0 Å². The predicted octanol–water partition coefficient (Wildman–Crippen LogP) is 3.79. The van der Waals surface area contributed by atoms with Crippen LogP contribution in [0.5, 0.6) is 11.5 Å². The van der Waals surface area contributed by atoms with E-state index in [0.29, 0.717) is 34.5 Å². The molecule has 0 aliphatic heterocycles. The highest BCUT2D eigenvalue weighted by molar-refractivity contribution is 5.94. The molecule has 0 saturated heterocycles. The van der Waals surface area contributed by atoms with Crippen molar-refractivity contribution in [3.8, 4) is 11.5 Å². The molecule has 6 nitrogen and oxygen atoms in total.